The van der Waals surface area contributed by atoms with Gasteiger partial charge in [-0.25, -0.2) is 4.79 Å². The molecule has 0 amide bonds. The number of benzene rings is 1. The molecule has 0 spiro atoms. The van der Waals surface area contributed by atoms with Crippen LogP contribution in [-0.4, -0.2) is 16.2 Å². The van der Waals surface area contributed by atoms with Crippen molar-refractivity contribution in [2.45, 2.75) is 23.8 Å². The minimum absolute atomic E-state index is 0.256. The number of carboxylic acid groups (broad SMARTS) is 1. The molecule has 5 heteroatoms. The van der Waals surface area contributed by atoms with E-state index in [-0.39, 0.29) is 5.56 Å². The molecular formula is C11H11NO3S. The number of aryl methyl sites for hydroxylation is 1. The first-order valence-corrected chi connectivity index (χ1v) is 5.11. The zero-order chi connectivity index (χ0) is 12.1. The third-order valence-corrected chi connectivity index (χ3v) is 2.73. The van der Waals surface area contributed by atoms with Crippen molar-refractivity contribution in [3.63, 3.8) is 0 Å². The van der Waals surface area contributed by atoms with Crippen LogP contribution < -0.4 is 0 Å². The van der Waals surface area contributed by atoms with Crippen LogP contribution in [0.2, 0.25) is 0 Å². The number of hydrogen-bond acceptors (Lipinski definition) is 4. The Balaban J connectivity index is 3.04. The molecule has 2 N–H and O–H groups in total. The van der Waals surface area contributed by atoms with Crippen LogP contribution >= 0.6 is 12.6 Å². The van der Waals surface area contributed by atoms with Crippen LogP contribution in [0.15, 0.2) is 23.1 Å². The topological polar surface area (TPSA) is 81.3 Å². The van der Waals surface area contributed by atoms with Crippen molar-refractivity contribution in [2.75, 3.05) is 0 Å². The molecule has 0 radical (unpaired) electrons. The lowest BCUT2D eigenvalue weighted by atomic mass is 10.0. The number of carboxylic acids is 1. The quantitative estimate of drug-likeness (QED) is 0.694. The Morgan fingerprint density at radius 2 is 2.25 bits per heavy atom. The number of nitrogens with zero attached hydrogens (tertiary/aromatic N) is 1. The molecule has 1 unspecified atom stereocenters. The minimum Gasteiger partial charge on any atom is -0.479 e. The number of nitriles is 1. The van der Waals surface area contributed by atoms with Crippen LogP contribution in [0.1, 0.15) is 23.7 Å². The van der Waals surface area contributed by atoms with E-state index in [0.717, 1.165) is 5.56 Å². The van der Waals surface area contributed by atoms with Gasteiger partial charge >= 0.3 is 5.97 Å². The number of aliphatic hydroxyl groups is 1. The Hall–Kier alpha value is -1.51. The molecular weight excluding hydrogens is 226 g/mol. The summed E-state index contributed by atoms with van der Waals surface area (Å²) in [6.07, 6.45) is -0.745. The summed E-state index contributed by atoms with van der Waals surface area (Å²) in [5.74, 6) is -1.31. The summed E-state index contributed by atoms with van der Waals surface area (Å²) in [6, 6.07) is 6.92. The molecule has 0 bridgehead atoms. The second-order valence-electron chi connectivity index (χ2n) is 3.25. The fourth-order valence-electron chi connectivity index (χ4n) is 1.36. The van der Waals surface area contributed by atoms with E-state index >= 15 is 0 Å². The summed E-state index contributed by atoms with van der Waals surface area (Å²) < 4.78 is 0. The van der Waals surface area contributed by atoms with Gasteiger partial charge in [-0.05, 0) is 12.0 Å². The Morgan fingerprint density at radius 1 is 1.56 bits per heavy atom. The van der Waals surface area contributed by atoms with Crippen molar-refractivity contribution >= 4 is 18.6 Å². The summed E-state index contributed by atoms with van der Waals surface area (Å²) in [6.45, 7) is 0. The predicted molar refractivity (Wildman–Crippen MR) is 60.2 cm³/mol. The van der Waals surface area contributed by atoms with E-state index in [9.17, 15) is 9.90 Å². The molecule has 0 aliphatic carbocycles. The molecule has 0 saturated heterocycles. The normalized spacial score (nSPS) is 11.8. The van der Waals surface area contributed by atoms with Crippen molar-refractivity contribution in [2.24, 2.45) is 0 Å². The third-order valence-electron chi connectivity index (χ3n) is 2.19. The van der Waals surface area contributed by atoms with Gasteiger partial charge in [-0.15, -0.1) is 12.6 Å². The number of carbonyl (C=O) groups is 1. The third kappa shape index (κ3) is 2.75. The molecule has 0 saturated carbocycles. The lowest BCUT2D eigenvalue weighted by molar-refractivity contribution is -0.147. The largest absolute Gasteiger partial charge is 0.479 e. The van der Waals surface area contributed by atoms with Crippen molar-refractivity contribution in [1.29, 1.82) is 5.26 Å². The van der Waals surface area contributed by atoms with Crippen LogP contribution in [0.3, 0.4) is 0 Å². The van der Waals surface area contributed by atoms with Gasteiger partial charge < -0.3 is 10.2 Å². The van der Waals surface area contributed by atoms with Gasteiger partial charge in [-0.1, -0.05) is 18.2 Å². The summed E-state index contributed by atoms with van der Waals surface area (Å²) in [7, 11) is 0. The Kier molecular flexibility index (Phi) is 4.35. The van der Waals surface area contributed by atoms with E-state index in [2.05, 4.69) is 12.6 Å². The number of rotatable bonds is 4. The summed E-state index contributed by atoms with van der Waals surface area (Å²) in [5, 5.41) is 26.6. The van der Waals surface area contributed by atoms with Crippen molar-refractivity contribution < 1.29 is 15.0 Å². The Labute approximate surface area is 98.6 Å². The maximum Gasteiger partial charge on any atom is 0.337 e. The lowest BCUT2D eigenvalue weighted by Gasteiger charge is -2.11. The molecule has 16 heavy (non-hydrogen) atoms. The Morgan fingerprint density at radius 3 is 2.81 bits per heavy atom. The van der Waals surface area contributed by atoms with E-state index in [4.69, 9.17) is 10.4 Å². The average Bonchev–Trinajstić information content (AvgIpc) is 2.26. The second kappa shape index (κ2) is 5.54. The maximum absolute atomic E-state index is 10.6. The van der Waals surface area contributed by atoms with Crippen molar-refractivity contribution in [3.8, 4) is 6.07 Å². The van der Waals surface area contributed by atoms with Crippen LogP contribution in [0.4, 0.5) is 0 Å². The molecule has 0 aliphatic heterocycles. The van der Waals surface area contributed by atoms with E-state index in [1.54, 1.807) is 12.1 Å². The molecule has 1 rings (SSSR count). The maximum atomic E-state index is 10.6. The van der Waals surface area contributed by atoms with E-state index in [0.29, 0.717) is 17.7 Å². The highest BCUT2D eigenvalue weighted by Crippen LogP contribution is 2.26. The van der Waals surface area contributed by atoms with Crippen LogP contribution in [0, 0.1) is 11.3 Å². The number of aliphatic carboxylic acids is 1. The van der Waals surface area contributed by atoms with Crippen LogP contribution in [-0.2, 0) is 11.2 Å². The van der Waals surface area contributed by atoms with E-state index < -0.39 is 12.1 Å². The fraction of sp³-hybridized carbons (Fsp3) is 0.273. The zero-order valence-electron chi connectivity index (χ0n) is 8.42. The Bertz CT molecular complexity index is 439. The van der Waals surface area contributed by atoms with Gasteiger partial charge in [-0.2, -0.15) is 5.26 Å². The molecule has 0 aromatic heterocycles. The predicted octanol–water partition coefficient (Wildman–Crippen LogP) is 1.55. The monoisotopic (exact) mass is 237 g/mol. The van der Waals surface area contributed by atoms with Gasteiger partial charge in [-0.3, -0.25) is 0 Å². The van der Waals surface area contributed by atoms with Gasteiger partial charge in [0.15, 0.2) is 6.10 Å². The second-order valence-corrected chi connectivity index (χ2v) is 3.70. The number of thiol groups is 1. The molecule has 1 atom stereocenters. The minimum atomic E-state index is -1.57. The lowest BCUT2D eigenvalue weighted by Crippen LogP contribution is -2.11. The summed E-state index contributed by atoms with van der Waals surface area (Å²) in [5.41, 5.74) is 1.02. The van der Waals surface area contributed by atoms with Gasteiger partial charge in [0.1, 0.15) is 0 Å². The molecule has 0 aliphatic rings. The highest BCUT2D eigenvalue weighted by Gasteiger charge is 2.19. The van der Waals surface area contributed by atoms with Gasteiger partial charge in [0.25, 0.3) is 0 Å². The van der Waals surface area contributed by atoms with Gasteiger partial charge in [0.2, 0.25) is 0 Å². The standard InChI is InChI=1S/C11H11NO3S/c12-6-2-4-7-3-1-5-8(10(7)16)9(13)11(14)15/h1,3,5,9,13,16H,2,4H2,(H,14,15). The van der Waals surface area contributed by atoms with Gasteiger partial charge in [0, 0.05) is 16.9 Å². The van der Waals surface area contributed by atoms with Crippen LogP contribution in [0.5, 0.6) is 0 Å². The van der Waals surface area contributed by atoms with E-state index in [1.165, 1.54) is 6.07 Å². The first-order valence-electron chi connectivity index (χ1n) is 4.66. The highest BCUT2D eigenvalue weighted by molar-refractivity contribution is 7.80. The zero-order valence-corrected chi connectivity index (χ0v) is 9.32. The highest BCUT2D eigenvalue weighted by atomic mass is 32.1. The molecule has 0 heterocycles. The van der Waals surface area contributed by atoms with E-state index in [1.807, 2.05) is 6.07 Å². The van der Waals surface area contributed by atoms with Gasteiger partial charge in [0.05, 0.1) is 6.07 Å². The molecule has 4 nitrogen and oxygen atoms in total. The molecule has 1 aromatic rings. The fourth-order valence-corrected chi connectivity index (χ4v) is 1.74. The number of aliphatic hydroxyl groups excluding tert-OH is 1. The smallest absolute Gasteiger partial charge is 0.337 e. The summed E-state index contributed by atoms with van der Waals surface area (Å²) >= 11 is 4.19. The van der Waals surface area contributed by atoms with Crippen LogP contribution in [0.25, 0.3) is 0 Å². The van der Waals surface area contributed by atoms with Crippen molar-refractivity contribution in [1.82, 2.24) is 0 Å². The first kappa shape index (κ1) is 12.6. The molecule has 0 fully saturated rings. The first-order chi connectivity index (χ1) is 7.57. The SMILES string of the molecule is N#CCCc1cccc(C(O)C(=O)O)c1S. The number of hydrogen-bond donors (Lipinski definition) is 3. The van der Waals surface area contributed by atoms with Crippen molar-refractivity contribution in [3.05, 3.63) is 29.3 Å². The molecule has 1 aromatic carbocycles. The average molecular weight is 237 g/mol. The molecule has 84 valence electrons. The summed E-state index contributed by atoms with van der Waals surface area (Å²) in [4.78, 5) is 11.1.